The lowest BCUT2D eigenvalue weighted by Gasteiger charge is -2.04. The summed E-state index contributed by atoms with van der Waals surface area (Å²) in [7, 11) is 0. The summed E-state index contributed by atoms with van der Waals surface area (Å²) in [6.45, 7) is 1.65. The summed E-state index contributed by atoms with van der Waals surface area (Å²) in [4.78, 5) is 16.7. The fraction of sp³-hybridized carbons (Fsp3) is 0.100. The number of amides is 1. The van der Waals surface area contributed by atoms with Gasteiger partial charge in [0.15, 0.2) is 5.82 Å². The number of nitrogens with zero attached hydrogens (tertiary/aromatic N) is 3. The number of nitrogens with one attached hydrogen (secondary N) is 2. The van der Waals surface area contributed by atoms with E-state index in [1.165, 1.54) is 6.07 Å². The van der Waals surface area contributed by atoms with Crippen LogP contribution in [0.4, 0.5) is 8.78 Å². The molecule has 2 heterocycles. The van der Waals surface area contributed by atoms with E-state index in [4.69, 9.17) is 4.52 Å². The molecule has 0 saturated carbocycles. The molecule has 0 aliphatic heterocycles. The quantitative estimate of drug-likeness (QED) is 0.538. The first-order valence-corrected chi connectivity index (χ1v) is 8.70. The van der Waals surface area contributed by atoms with Crippen LogP contribution in [0.15, 0.2) is 53.1 Å². The minimum absolute atomic E-state index is 0.0819. The average molecular weight is 395 g/mol. The Balaban J connectivity index is 1.52. The smallest absolute Gasteiger partial charge is 0.263 e. The third kappa shape index (κ3) is 3.62. The van der Waals surface area contributed by atoms with Gasteiger partial charge in [0.2, 0.25) is 0 Å². The molecule has 2 aromatic heterocycles. The fourth-order valence-corrected chi connectivity index (χ4v) is 2.89. The topological polar surface area (TPSA) is 96.7 Å². The number of rotatable bonds is 5. The third-order valence-corrected chi connectivity index (χ3v) is 4.27. The lowest BCUT2D eigenvalue weighted by Crippen LogP contribution is -2.24. The van der Waals surface area contributed by atoms with E-state index in [1.54, 1.807) is 6.92 Å². The van der Waals surface area contributed by atoms with Crippen molar-refractivity contribution in [3.63, 3.8) is 0 Å². The number of aromatic amines is 1. The second-order valence-corrected chi connectivity index (χ2v) is 6.23. The molecule has 29 heavy (non-hydrogen) atoms. The molecule has 0 saturated heterocycles. The highest BCUT2D eigenvalue weighted by molar-refractivity contribution is 6.01. The number of H-pyrrole nitrogens is 1. The van der Waals surface area contributed by atoms with Crippen molar-refractivity contribution in [1.29, 1.82) is 0 Å². The molecule has 9 heteroatoms. The second-order valence-electron chi connectivity index (χ2n) is 6.23. The van der Waals surface area contributed by atoms with E-state index in [2.05, 4.69) is 25.7 Å². The first-order valence-electron chi connectivity index (χ1n) is 8.70. The van der Waals surface area contributed by atoms with Gasteiger partial charge in [-0.15, -0.1) is 0 Å². The lowest BCUT2D eigenvalue weighted by molar-refractivity contribution is 0.0949. The summed E-state index contributed by atoms with van der Waals surface area (Å²) >= 11 is 0. The zero-order valence-corrected chi connectivity index (χ0v) is 15.2. The predicted molar refractivity (Wildman–Crippen MR) is 99.6 cm³/mol. The molecule has 0 unspecified atom stereocenters. The molecule has 0 bridgehead atoms. The number of carbonyl (C=O) groups excluding carboxylic acids is 1. The molecule has 146 valence electrons. The number of aromatic nitrogens is 4. The molecule has 4 aromatic rings. The lowest BCUT2D eigenvalue weighted by atomic mass is 10.1. The van der Waals surface area contributed by atoms with Gasteiger partial charge in [-0.3, -0.25) is 9.89 Å². The summed E-state index contributed by atoms with van der Waals surface area (Å²) in [5, 5.41) is 13.4. The Bertz CT molecular complexity index is 1150. The van der Waals surface area contributed by atoms with Gasteiger partial charge in [-0.1, -0.05) is 41.6 Å². The van der Waals surface area contributed by atoms with Crippen molar-refractivity contribution in [2.75, 3.05) is 0 Å². The van der Waals surface area contributed by atoms with Gasteiger partial charge in [-0.25, -0.2) is 8.78 Å². The van der Waals surface area contributed by atoms with E-state index in [0.29, 0.717) is 17.0 Å². The first kappa shape index (κ1) is 18.5. The van der Waals surface area contributed by atoms with Gasteiger partial charge in [-0.05, 0) is 19.1 Å². The van der Waals surface area contributed by atoms with Crippen LogP contribution in [-0.4, -0.2) is 26.2 Å². The molecule has 0 spiro atoms. The molecule has 4 rings (SSSR count). The zero-order chi connectivity index (χ0) is 20.4. The Morgan fingerprint density at radius 2 is 1.83 bits per heavy atom. The van der Waals surface area contributed by atoms with Crippen LogP contribution in [0.5, 0.6) is 0 Å². The van der Waals surface area contributed by atoms with Gasteiger partial charge in [0.1, 0.15) is 22.9 Å². The monoisotopic (exact) mass is 395 g/mol. The van der Waals surface area contributed by atoms with Crippen molar-refractivity contribution in [3.05, 3.63) is 77.2 Å². The van der Waals surface area contributed by atoms with Crippen molar-refractivity contribution in [2.24, 2.45) is 0 Å². The van der Waals surface area contributed by atoms with Crippen LogP contribution in [0.2, 0.25) is 0 Å². The molecular formula is C20H15F2N5O2. The Morgan fingerprint density at radius 1 is 1.10 bits per heavy atom. The zero-order valence-electron chi connectivity index (χ0n) is 15.2. The Labute approximate surface area is 163 Å². The predicted octanol–water partition coefficient (Wildman–Crippen LogP) is 3.64. The summed E-state index contributed by atoms with van der Waals surface area (Å²) in [6.07, 6.45) is 0. The van der Waals surface area contributed by atoms with Gasteiger partial charge in [0, 0.05) is 11.3 Å². The third-order valence-electron chi connectivity index (χ3n) is 4.27. The highest BCUT2D eigenvalue weighted by Crippen LogP contribution is 2.25. The Kier molecular flexibility index (Phi) is 4.86. The maximum absolute atomic E-state index is 13.8. The van der Waals surface area contributed by atoms with Gasteiger partial charge < -0.3 is 9.84 Å². The molecule has 0 aliphatic carbocycles. The average Bonchev–Trinajstić information content (AvgIpc) is 3.33. The molecule has 0 aliphatic rings. The molecule has 7 nitrogen and oxygen atoms in total. The Hall–Kier alpha value is -3.88. The summed E-state index contributed by atoms with van der Waals surface area (Å²) in [6, 6.07) is 12.7. The Morgan fingerprint density at radius 3 is 2.55 bits per heavy atom. The van der Waals surface area contributed by atoms with Crippen LogP contribution in [-0.2, 0) is 6.54 Å². The molecule has 1 amide bonds. The van der Waals surface area contributed by atoms with E-state index < -0.39 is 23.1 Å². The normalized spacial score (nSPS) is 10.9. The first-order chi connectivity index (χ1) is 14.0. The number of halogens is 2. The van der Waals surface area contributed by atoms with E-state index in [-0.39, 0.29) is 18.3 Å². The SMILES string of the molecule is Cc1[nH]nc(-c2ccccc2)c1C(=O)NCc1noc(-c2c(F)cccc2F)n1. The molecular weight excluding hydrogens is 380 g/mol. The minimum Gasteiger partial charge on any atom is -0.344 e. The van der Waals surface area contributed by atoms with E-state index in [0.717, 1.165) is 17.7 Å². The van der Waals surface area contributed by atoms with Crippen LogP contribution < -0.4 is 5.32 Å². The second kappa shape index (κ2) is 7.63. The molecule has 0 radical (unpaired) electrons. The minimum atomic E-state index is -0.814. The maximum atomic E-state index is 13.8. The number of benzene rings is 2. The fourth-order valence-electron chi connectivity index (χ4n) is 2.89. The molecule has 0 atom stereocenters. The molecule has 0 fully saturated rings. The van der Waals surface area contributed by atoms with E-state index >= 15 is 0 Å². The number of carbonyl (C=O) groups is 1. The number of hydrogen-bond acceptors (Lipinski definition) is 5. The van der Waals surface area contributed by atoms with Crippen LogP contribution in [0.1, 0.15) is 21.9 Å². The van der Waals surface area contributed by atoms with E-state index in [9.17, 15) is 13.6 Å². The van der Waals surface area contributed by atoms with Gasteiger partial charge in [-0.2, -0.15) is 10.1 Å². The highest BCUT2D eigenvalue weighted by Gasteiger charge is 2.21. The van der Waals surface area contributed by atoms with Crippen molar-refractivity contribution in [1.82, 2.24) is 25.7 Å². The molecule has 2 aromatic carbocycles. The summed E-state index contributed by atoms with van der Waals surface area (Å²) < 4.78 is 32.6. The maximum Gasteiger partial charge on any atom is 0.263 e. The van der Waals surface area contributed by atoms with Crippen LogP contribution >= 0.6 is 0 Å². The van der Waals surface area contributed by atoms with Crippen molar-refractivity contribution >= 4 is 5.91 Å². The van der Waals surface area contributed by atoms with Gasteiger partial charge in [0.25, 0.3) is 11.8 Å². The van der Waals surface area contributed by atoms with Crippen molar-refractivity contribution in [2.45, 2.75) is 13.5 Å². The number of aryl methyl sites for hydroxylation is 1. The molecule has 2 N–H and O–H groups in total. The van der Waals surface area contributed by atoms with Crippen molar-refractivity contribution in [3.8, 4) is 22.7 Å². The van der Waals surface area contributed by atoms with Gasteiger partial charge in [0.05, 0.1) is 12.1 Å². The largest absolute Gasteiger partial charge is 0.344 e. The van der Waals surface area contributed by atoms with Crippen LogP contribution in [0.25, 0.3) is 22.7 Å². The highest BCUT2D eigenvalue weighted by atomic mass is 19.1. The van der Waals surface area contributed by atoms with Crippen molar-refractivity contribution < 1.29 is 18.1 Å². The standard InChI is InChI=1S/C20H15F2N5O2/c1-11-16(18(26-25-11)12-6-3-2-4-7-12)19(28)23-10-15-24-20(29-27-15)17-13(21)8-5-9-14(17)22/h2-9H,10H2,1H3,(H,23,28)(H,25,26). The van der Waals surface area contributed by atoms with Gasteiger partial charge >= 0.3 is 0 Å². The van der Waals surface area contributed by atoms with E-state index in [1.807, 2.05) is 30.3 Å². The van der Waals surface area contributed by atoms with Crippen LogP contribution in [0, 0.1) is 18.6 Å². The summed E-state index contributed by atoms with van der Waals surface area (Å²) in [5.74, 6) is -2.23. The van der Waals surface area contributed by atoms with Crippen LogP contribution in [0.3, 0.4) is 0 Å². The number of hydrogen-bond donors (Lipinski definition) is 2. The summed E-state index contributed by atoms with van der Waals surface area (Å²) in [5.41, 5.74) is 1.89.